The van der Waals surface area contributed by atoms with Crippen LogP contribution in [0.25, 0.3) is 21.3 Å². The topological polar surface area (TPSA) is 63.6 Å². The van der Waals surface area contributed by atoms with Crippen LogP contribution in [0.1, 0.15) is 25.6 Å². The van der Waals surface area contributed by atoms with Gasteiger partial charge in [-0.3, -0.25) is 9.36 Å². The minimum atomic E-state index is 0.0700. The molecule has 0 saturated heterocycles. The van der Waals surface area contributed by atoms with E-state index in [0.29, 0.717) is 12.3 Å². The Kier molecular flexibility index (Phi) is 4.59. The first kappa shape index (κ1) is 16.4. The molecule has 0 aliphatic rings. The number of imidazole rings is 1. The predicted molar refractivity (Wildman–Crippen MR) is 104 cm³/mol. The molecule has 0 aliphatic carbocycles. The van der Waals surface area contributed by atoms with Crippen molar-refractivity contribution in [2.24, 2.45) is 0 Å². The number of fused-ring (bicyclic) bond motifs is 2. The summed E-state index contributed by atoms with van der Waals surface area (Å²) in [6.07, 6.45) is 2.01. The van der Waals surface area contributed by atoms with Crippen molar-refractivity contribution in [1.29, 1.82) is 0 Å². The Morgan fingerprint density at radius 3 is 2.92 bits per heavy atom. The maximum absolute atomic E-state index is 12.8. The SMILES string of the molecule is CCCCn1c(SCc2nc3ccccc3[nH]2)nc2ccsc2c1=O. The van der Waals surface area contributed by atoms with Gasteiger partial charge in [0, 0.05) is 6.54 Å². The predicted octanol–water partition coefficient (Wildman–Crippen LogP) is 4.43. The molecule has 0 atom stereocenters. The second-order valence-electron chi connectivity index (χ2n) is 5.83. The number of H-pyrrole nitrogens is 1. The maximum atomic E-state index is 12.8. The average molecular weight is 371 g/mol. The van der Waals surface area contributed by atoms with Crippen LogP contribution in [-0.2, 0) is 12.3 Å². The molecule has 0 fully saturated rings. The number of hydrogen-bond acceptors (Lipinski definition) is 5. The lowest BCUT2D eigenvalue weighted by molar-refractivity contribution is 0.558. The van der Waals surface area contributed by atoms with Crippen LogP contribution in [0, 0.1) is 0 Å². The first-order valence-corrected chi connectivity index (χ1v) is 10.2. The van der Waals surface area contributed by atoms with Gasteiger partial charge in [0.2, 0.25) is 0 Å². The second kappa shape index (κ2) is 7.01. The Labute approximate surface area is 153 Å². The van der Waals surface area contributed by atoms with Gasteiger partial charge in [0.1, 0.15) is 10.5 Å². The molecule has 0 spiro atoms. The second-order valence-corrected chi connectivity index (χ2v) is 7.69. The number of thioether (sulfide) groups is 1. The number of para-hydroxylation sites is 2. The summed E-state index contributed by atoms with van der Waals surface area (Å²) >= 11 is 3.03. The molecule has 25 heavy (non-hydrogen) atoms. The fraction of sp³-hybridized carbons (Fsp3) is 0.278. The number of aromatic nitrogens is 4. The monoisotopic (exact) mass is 370 g/mol. The van der Waals surface area contributed by atoms with Crippen LogP contribution in [-0.4, -0.2) is 19.5 Å². The fourth-order valence-corrected chi connectivity index (χ4v) is 4.43. The van der Waals surface area contributed by atoms with Crippen molar-refractivity contribution in [1.82, 2.24) is 19.5 Å². The fourth-order valence-electron chi connectivity index (χ4n) is 2.75. The van der Waals surface area contributed by atoms with E-state index in [4.69, 9.17) is 4.98 Å². The van der Waals surface area contributed by atoms with Crippen molar-refractivity contribution < 1.29 is 0 Å². The molecule has 0 amide bonds. The van der Waals surface area contributed by atoms with E-state index < -0.39 is 0 Å². The minimum absolute atomic E-state index is 0.0700. The molecule has 0 aliphatic heterocycles. The number of nitrogens with zero attached hydrogens (tertiary/aromatic N) is 3. The maximum Gasteiger partial charge on any atom is 0.272 e. The summed E-state index contributed by atoms with van der Waals surface area (Å²) in [4.78, 5) is 25.4. The standard InChI is InChI=1S/C18H18N4OS2/c1-2-3-9-22-17(23)16-14(8-10-24-16)21-18(22)25-11-15-19-12-6-4-5-7-13(12)20-15/h4-8,10H,2-3,9,11H2,1H3,(H,19,20). The Bertz CT molecular complexity index is 1050. The zero-order valence-corrected chi connectivity index (χ0v) is 15.5. The molecule has 4 rings (SSSR count). The van der Waals surface area contributed by atoms with Crippen LogP contribution >= 0.6 is 23.1 Å². The van der Waals surface area contributed by atoms with E-state index in [1.165, 1.54) is 11.3 Å². The molecule has 0 saturated carbocycles. The summed E-state index contributed by atoms with van der Waals surface area (Å²) in [5, 5.41) is 2.70. The van der Waals surface area contributed by atoms with E-state index in [2.05, 4.69) is 16.9 Å². The van der Waals surface area contributed by atoms with E-state index in [1.54, 1.807) is 11.8 Å². The lowest BCUT2D eigenvalue weighted by Gasteiger charge is -2.10. The molecule has 128 valence electrons. The van der Waals surface area contributed by atoms with E-state index in [1.807, 2.05) is 40.3 Å². The van der Waals surface area contributed by atoms with Crippen molar-refractivity contribution >= 4 is 44.3 Å². The lowest BCUT2D eigenvalue weighted by Crippen LogP contribution is -2.22. The Balaban J connectivity index is 1.66. The molecule has 1 N–H and O–H groups in total. The molecule has 5 nitrogen and oxygen atoms in total. The Morgan fingerprint density at radius 1 is 1.20 bits per heavy atom. The average Bonchev–Trinajstić information content (AvgIpc) is 3.25. The van der Waals surface area contributed by atoms with Crippen LogP contribution in [0.15, 0.2) is 45.7 Å². The van der Waals surface area contributed by atoms with Gasteiger partial charge in [-0.25, -0.2) is 9.97 Å². The molecule has 1 aromatic carbocycles. The summed E-state index contributed by atoms with van der Waals surface area (Å²) < 4.78 is 2.56. The van der Waals surface area contributed by atoms with E-state index in [-0.39, 0.29) is 5.56 Å². The van der Waals surface area contributed by atoms with Crippen molar-refractivity contribution in [3.8, 4) is 0 Å². The van der Waals surface area contributed by atoms with E-state index in [9.17, 15) is 4.79 Å². The van der Waals surface area contributed by atoms with Crippen LogP contribution < -0.4 is 5.56 Å². The van der Waals surface area contributed by atoms with Gasteiger partial charge < -0.3 is 4.98 Å². The summed E-state index contributed by atoms with van der Waals surface area (Å²) in [5.74, 6) is 1.55. The highest BCUT2D eigenvalue weighted by atomic mass is 32.2. The molecule has 0 bridgehead atoms. The van der Waals surface area contributed by atoms with Gasteiger partial charge in [0.15, 0.2) is 5.16 Å². The molecule has 0 radical (unpaired) electrons. The first-order valence-electron chi connectivity index (χ1n) is 8.30. The van der Waals surface area contributed by atoms with Crippen molar-refractivity contribution in [2.75, 3.05) is 0 Å². The smallest absolute Gasteiger partial charge is 0.272 e. The number of thiophene rings is 1. The number of nitrogens with one attached hydrogen (secondary N) is 1. The lowest BCUT2D eigenvalue weighted by atomic mass is 10.3. The zero-order chi connectivity index (χ0) is 17.2. The van der Waals surface area contributed by atoms with Crippen LogP contribution in [0.2, 0.25) is 0 Å². The van der Waals surface area contributed by atoms with Gasteiger partial charge in [-0.1, -0.05) is 37.2 Å². The van der Waals surface area contributed by atoms with Gasteiger partial charge >= 0.3 is 0 Å². The Morgan fingerprint density at radius 2 is 2.08 bits per heavy atom. The van der Waals surface area contributed by atoms with Gasteiger partial charge in [0.05, 0.1) is 22.3 Å². The zero-order valence-electron chi connectivity index (χ0n) is 13.9. The number of aromatic amines is 1. The molecule has 3 aromatic heterocycles. The molecule has 3 heterocycles. The molecule has 7 heteroatoms. The summed E-state index contributed by atoms with van der Waals surface area (Å²) in [5.41, 5.74) is 2.85. The van der Waals surface area contributed by atoms with Gasteiger partial charge in [0.25, 0.3) is 5.56 Å². The van der Waals surface area contributed by atoms with Crippen LogP contribution in [0.5, 0.6) is 0 Å². The summed E-state index contributed by atoms with van der Waals surface area (Å²) in [7, 11) is 0. The van der Waals surface area contributed by atoms with Crippen LogP contribution in [0.4, 0.5) is 0 Å². The third kappa shape index (κ3) is 3.21. The van der Waals surface area contributed by atoms with E-state index in [0.717, 1.165) is 45.1 Å². The highest BCUT2D eigenvalue weighted by molar-refractivity contribution is 7.98. The first-order chi connectivity index (χ1) is 12.3. The van der Waals surface area contributed by atoms with Crippen molar-refractivity contribution in [2.45, 2.75) is 37.2 Å². The molecule has 4 aromatic rings. The minimum Gasteiger partial charge on any atom is -0.341 e. The molecular formula is C18H18N4OS2. The third-order valence-corrected chi connectivity index (χ3v) is 5.92. The van der Waals surface area contributed by atoms with Gasteiger partial charge in [-0.05, 0) is 30.0 Å². The number of unbranched alkanes of at least 4 members (excludes halogenated alkanes) is 1. The quantitative estimate of drug-likeness (QED) is 0.403. The Hall–Kier alpha value is -2.12. The summed E-state index contributed by atoms with van der Waals surface area (Å²) in [6.45, 7) is 2.84. The number of benzene rings is 1. The number of hydrogen-bond donors (Lipinski definition) is 1. The number of rotatable bonds is 6. The van der Waals surface area contributed by atoms with Crippen molar-refractivity contribution in [3.63, 3.8) is 0 Å². The van der Waals surface area contributed by atoms with E-state index >= 15 is 0 Å². The largest absolute Gasteiger partial charge is 0.341 e. The molecule has 0 unspecified atom stereocenters. The highest BCUT2D eigenvalue weighted by Gasteiger charge is 2.13. The summed E-state index contributed by atoms with van der Waals surface area (Å²) in [6, 6.07) is 9.90. The molecular weight excluding hydrogens is 352 g/mol. The van der Waals surface area contributed by atoms with Gasteiger partial charge in [-0.2, -0.15) is 0 Å². The normalized spacial score (nSPS) is 11.6. The van der Waals surface area contributed by atoms with Gasteiger partial charge in [-0.15, -0.1) is 11.3 Å². The van der Waals surface area contributed by atoms with Crippen LogP contribution in [0.3, 0.4) is 0 Å². The highest BCUT2D eigenvalue weighted by Crippen LogP contribution is 2.24. The third-order valence-electron chi connectivity index (χ3n) is 4.04. The van der Waals surface area contributed by atoms with Crippen molar-refractivity contribution in [3.05, 3.63) is 51.9 Å².